The molecule has 0 aliphatic heterocycles. The molecular weight excluding hydrogens is 186 g/mol. The van der Waals surface area contributed by atoms with E-state index in [1.54, 1.807) is 0 Å². The van der Waals surface area contributed by atoms with Crippen LogP contribution in [0.5, 0.6) is 0 Å². The zero-order valence-corrected chi connectivity index (χ0v) is 10.5. The maximum atomic E-state index is 3.32. The fourth-order valence-electron chi connectivity index (χ4n) is 3.07. The second-order valence-corrected chi connectivity index (χ2v) is 4.98. The largest absolute Gasteiger partial charge is 0.319 e. The van der Waals surface area contributed by atoms with Crippen LogP contribution in [-0.2, 0) is 0 Å². The van der Waals surface area contributed by atoms with Crippen LogP contribution in [0.4, 0.5) is 0 Å². The van der Waals surface area contributed by atoms with Crippen molar-refractivity contribution < 1.29 is 0 Å². The number of hydrogen-bond donors (Lipinski definition) is 3. The Morgan fingerprint density at radius 1 is 0.667 bits per heavy atom. The summed E-state index contributed by atoms with van der Waals surface area (Å²) in [7, 11) is 6.19. The molecule has 1 aliphatic carbocycles. The van der Waals surface area contributed by atoms with Gasteiger partial charge in [0.1, 0.15) is 0 Å². The van der Waals surface area contributed by atoms with Gasteiger partial charge in [0.2, 0.25) is 0 Å². The minimum atomic E-state index is 0.875. The van der Waals surface area contributed by atoms with Crippen molar-refractivity contribution in [1.29, 1.82) is 0 Å². The number of nitrogens with one attached hydrogen (secondary N) is 3. The highest BCUT2D eigenvalue weighted by Crippen LogP contribution is 2.32. The second kappa shape index (κ2) is 7.20. The van der Waals surface area contributed by atoms with Gasteiger partial charge in [-0.25, -0.2) is 0 Å². The van der Waals surface area contributed by atoms with Crippen LogP contribution in [-0.4, -0.2) is 40.8 Å². The lowest BCUT2D eigenvalue weighted by molar-refractivity contribution is 0.190. The summed E-state index contributed by atoms with van der Waals surface area (Å²) in [4.78, 5) is 0. The lowest BCUT2D eigenvalue weighted by Gasteiger charge is -2.35. The Bertz CT molecular complexity index is 126. The summed E-state index contributed by atoms with van der Waals surface area (Å²) < 4.78 is 0. The van der Waals surface area contributed by atoms with Crippen molar-refractivity contribution in [1.82, 2.24) is 16.0 Å². The fourth-order valence-corrected chi connectivity index (χ4v) is 3.07. The molecule has 0 unspecified atom stereocenters. The van der Waals surface area contributed by atoms with Gasteiger partial charge in [0, 0.05) is 0 Å². The molecule has 0 aromatic carbocycles. The van der Waals surface area contributed by atoms with Crippen molar-refractivity contribution in [3.05, 3.63) is 0 Å². The van der Waals surface area contributed by atoms with Gasteiger partial charge >= 0.3 is 0 Å². The molecule has 1 fully saturated rings. The highest BCUT2D eigenvalue weighted by Gasteiger charge is 2.27. The summed E-state index contributed by atoms with van der Waals surface area (Å²) in [5.41, 5.74) is 0. The Balaban J connectivity index is 2.40. The predicted octanol–water partition coefficient (Wildman–Crippen LogP) is 0.677. The predicted molar refractivity (Wildman–Crippen MR) is 66.1 cm³/mol. The Morgan fingerprint density at radius 3 is 1.13 bits per heavy atom. The van der Waals surface area contributed by atoms with Gasteiger partial charge in [-0.05, 0) is 77.8 Å². The van der Waals surface area contributed by atoms with E-state index in [0.717, 1.165) is 17.8 Å². The summed E-state index contributed by atoms with van der Waals surface area (Å²) in [6.07, 6.45) is 4.17. The summed E-state index contributed by atoms with van der Waals surface area (Å²) in [6.45, 7) is 3.54. The summed E-state index contributed by atoms with van der Waals surface area (Å²) in [5, 5.41) is 9.97. The Morgan fingerprint density at radius 2 is 0.933 bits per heavy atom. The normalized spacial score (nSPS) is 31.8. The van der Waals surface area contributed by atoms with Gasteiger partial charge in [0.25, 0.3) is 0 Å². The van der Waals surface area contributed by atoms with Crippen LogP contribution in [0.3, 0.4) is 0 Å². The average molecular weight is 213 g/mol. The molecule has 0 aromatic rings. The molecule has 0 amide bonds. The molecule has 0 aromatic heterocycles. The maximum Gasteiger partial charge on any atom is -0.00233 e. The molecule has 3 heteroatoms. The molecule has 0 bridgehead atoms. The lowest BCUT2D eigenvalue weighted by Crippen LogP contribution is -2.36. The quantitative estimate of drug-likeness (QED) is 0.607. The van der Waals surface area contributed by atoms with Crippen LogP contribution in [0, 0.1) is 17.8 Å². The number of hydrogen-bond acceptors (Lipinski definition) is 3. The lowest BCUT2D eigenvalue weighted by atomic mass is 9.75. The first-order valence-electron chi connectivity index (χ1n) is 6.23. The van der Waals surface area contributed by atoms with Crippen LogP contribution in [0.1, 0.15) is 19.3 Å². The average Bonchev–Trinajstić information content (AvgIpc) is 2.19. The van der Waals surface area contributed by atoms with E-state index in [0.29, 0.717) is 0 Å². The Kier molecular flexibility index (Phi) is 6.22. The van der Waals surface area contributed by atoms with Crippen LogP contribution in [0.25, 0.3) is 0 Å². The van der Waals surface area contributed by atoms with Gasteiger partial charge in [-0.15, -0.1) is 0 Å². The third-order valence-electron chi connectivity index (χ3n) is 3.48. The molecule has 15 heavy (non-hydrogen) atoms. The molecule has 90 valence electrons. The van der Waals surface area contributed by atoms with E-state index in [9.17, 15) is 0 Å². The molecule has 0 heterocycles. The van der Waals surface area contributed by atoms with Gasteiger partial charge in [0.15, 0.2) is 0 Å². The van der Waals surface area contributed by atoms with Gasteiger partial charge < -0.3 is 16.0 Å². The van der Waals surface area contributed by atoms with Gasteiger partial charge in [-0.1, -0.05) is 0 Å². The third kappa shape index (κ3) is 4.49. The molecule has 1 aliphatic rings. The van der Waals surface area contributed by atoms with Crippen molar-refractivity contribution in [2.24, 2.45) is 17.8 Å². The van der Waals surface area contributed by atoms with E-state index in [2.05, 4.69) is 37.1 Å². The molecule has 1 saturated carbocycles. The standard InChI is InChI=1S/C12H27N3/c1-13-7-10-4-11(8-14-2)6-12(5-10)9-15-3/h10-15H,4-9H2,1-3H3. The minimum Gasteiger partial charge on any atom is -0.319 e. The number of rotatable bonds is 6. The first kappa shape index (κ1) is 12.9. The highest BCUT2D eigenvalue weighted by atomic mass is 14.8. The van der Waals surface area contributed by atoms with Crippen molar-refractivity contribution in [2.75, 3.05) is 40.8 Å². The van der Waals surface area contributed by atoms with E-state index in [1.807, 2.05) is 0 Å². The second-order valence-electron chi connectivity index (χ2n) is 4.98. The van der Waals surface area contributed by atoms with Gasteiger partial charge in [-0.3, -0.25) is 0 Å². The van der Waals surface area contributed by atoms with E-state index in [-0.39, 0.29) is 0 Å². The zero-order chi connectivity index (χ0) is 11.1. The van der Waals surface area contributed by atoms with E-state index in [1.165, 1.54) is 38.9 Å². The monoisotopic (exact) mass is 213 g/mol. The molecule has 0 spiro atoms. The van der Waals surface area contributed by atoms with Crippen LogP contribution in [0.15, 0.2) is 0 Å². The summed E-state index contributed by atoms with van der Waals surface area (Å²) in [6, 6.07) is 0. The van der Waals surface area contributed by atoms with Crippen molar-refractivity contribution in [2.45, 2.75) is 19.3 Å². The molecule has 0 radical (unpaired) electrons. The SMILES string of the molecule is CNCC1CC(CNC)CC(CNC)C1. The highest BCUT2D eigenvalue weighted by molar-refractivity contribution is 4.81. The first-order chi connectivity index (χ1) is 7.30. The zero-order valence-electron chi connectivity index (χ0n) is 10.5. The van der Waals surface area contributed by atoms with Gasteiger partial charge in [-0.2, -0.15) is 0 Å². The van der Waals surface area contributed by atoms with Crippen LogP contribution < -0.4 is 16.0 Å². The molecular formula is C12H27N3. The molecule has 1 rings (SSSR count). The van der Waals surface area contributed by atoms with E-state index in [4.69, 9.17) is 0 Å². The maximum absolute atomic E-state index is 3.32. The third-order valence-corrected chi connectivity index (χ3v) is 3.48. The Labute approximate surface area is 94.4 Å². The molecule has 3 nitrogen and oxygen atoms in total. The van der Waals surface area contributed by atoms with Gasteiger partial charge in [0.05, 0.1) is 0 Å². The van der Waals surface area contributed by atoms with Crippen LogP contribution >= 0.6 is 0 Å². The summed E-state index contributed by atoms with van der Waals surface area (Å²) >= 11 is 0. The molecule has 3 N–H and O–H groups in total. The van der Waals surface area contributed by atoms with Crippen LogP contribution in [0.2, 0.25) is 0 Å². The first-order valence-corrected chi connectivity index (χ1v) is 6.23. The summed E-state index contributed by atoms with van der Waals surface area (Å²) in [5.74, 6) is 2.63. The Hall–Kier alpha value is -0.120. The smallest absolute Gasteiger partial charge is 0.00233 e. The van der Waals surface area contributed by atoms with Crippen molar-refractivity contribution in [3.63, 3.8) is 0 Å². The van der Waals surface area contributed by atoms with Crippen molar-refractivity contribution >= 4 is 0 Å². The minimum absolute atomic E-state index is 0.875. The molecule has 0 atom stereocenters. The van der Waals surface area contributed by atoms with Crippen molar-refractivity contribution in [3.8, 4) is 0 Å². The van der Waals surface area contributed by atoms with E-state index >= 15 is 0 Å². The van der Waals surface area contributed by atoms with E-state index < -0.39 is 0 Å². The fraction of sp³-hybridized carbons (Fsp3) is 1.00. The topological polar surface area (TPSA) is 36.1 Å². The molecule has 0 saturated heterocycles.